The summed E-state index contributed by atoms with van der Waals surface area (Å²) in [5.41, 5.74) is 4.76. The third kappa shape index (κ3) is 7.18. The molecule has 0 bridgehead atoms. The van der Waals surface area contributed by atoms with Gasteiger partial charge in [-0.1, -0.05) is 34.1 Å². The number of nitrogens with one attached hydrogen (secondary N) is 2. The van der Waals surface area contributed by atoms with Crippen molar-refractivity contribution in [1.82, 2.24) is 15.5 Å². The molecule has 9 nitrogen and oxygen atoms in total. The Kier molecular flexibility index (Phi) is 9.11. The maximum atomic E-state index is 13.2. The second-order valence-electron chi connectivity index (χ2n) is 9.33. The Morgan fingerprint density at radius 2 is 1.70 bits per heavy atom. The van der Waals surface area contributed by atoms with Gasteiger partial charge in [0.25, 0.3) is 0 Å². The summed E-state index contributed by atoms with van der Waals surface area (Å²) in [5.74, 6) is -1.65. The van der Waals surface area contributed by atoms with Crippen molar-refractivity contribution in [1.29, 1.82) is 0 Å². The number of carbonyl (C=O) groups is 4. The number of primary amides is 1. The molecule has 1 aliphatic heterocycles. The quantitative estimate of drug-likeness (QED) is 0.542. The molecule has 172 valence electrons. The lowest BCUT2D eigenvalue weighted by Crippen LogP contribution is -2.58. The van der Waals surface area contributed by atoms with Crippen molar-refractivity contribution >= 4 is 23.8 Å². The molecule has 1 rings (SSSR count). The van der Waals surface area contributed by atoms with Gasteiger partial charge in [0.2, 0.25) is 17.7 Å². The standard InChI is InChI=1S/C21H38N4O5/c1-8-13(4)16(17(22)26)23-18(27)14-10-9-11-25(14)19(28)15(12(2)3)24-20(29)30-21(5,6)7/h12-16H,8-11H2,1-7H3,(H2,22,26)(H,23,27)(H,24,29). The van der Waals surface area contributed by atoms with Gasteiger partial charge in [0, 0.05) is 6.54 Å². The van der Waals surface area contributed by atoms with Gasteiger partial charge in [0.05, 0.1) is 0 Å². The molecule has 0 spiro atoms. The van der Waals surface area contributed by atoms with E-state index in [-0.39, 0.29) is 17.7 Å². The Labute approximate surface area is 179 Å². The van der Waals surface area contributed by atoms with Crippen LogP contribution in [0.2, 0.25) is 0 Å². The predicted octanol–water partition coefficient (Wildman–Crippen LogP) is 1.54. The lowest BCUT2D eigenvalue weighted by Gasteiger charge is -2.32. The first-order valence-corrected chi connectivity index (χ1v) is 10.7. The van der Waals surface area contributed by atoms with Gasteiger partial charge in [0.1, 0.15) is 23.7 Å². The van der Waals surface area contributed by atoms with E-state index in [9.17, 15) is 19.2 Å². The van der Waals surface area contributed by atoms with E-state index in [0.29, 0.717) is 25.8 Å². The van der Waals surface area contributed by atoms with Crippen LogP contribution in [0.1, 0.15) is 67.7 Å². The van der Waals surface area contributed by atoms with Crippen LogP contribution in [-0.4, -0.2) is 59.0 Å². The van der Waals surface area contributed by atoms with Crippen LogP contribution in [0.15, 0.2) is 0 Å². The molecular weight excluding hydrogens is 388 g/mol. The van der Waals surface area contributed by atoms with E-state index < -0.39 is 41.6 Å². The number of alkyl carbamates (subject to hydrolysis) is 1. The number of hydrogen-bond donors (Lipinski definition) is 3. The summed E-state index contributed by atoms with van der Waals surface area (Å²) in [4.78, 5) is 51.5. The van der Waals surface area contributed by atoms with Crippen molar-refractivity contribution in [3.05, 3.63) is 0 Å². The Bertz CT molecular complexity index is 644. The fourth-order valence-electron chi connectivity index (χ4n) is 3.41. The highest BCUT2D eigenvalue weighted by Crippen LogP contribution is 2.21. The van der Waals surface area contributed by atoms with Gasteiger partial charge in [0.15, 0.2) is 0 Å². The van der Waals surface area contributed by atoms with E-state index >= 15 is 0 Å². The topological polar surface area (TPSA) is 131 Å². The molecule has 4 N–H and O–H groups in total. The Balaban J connectivity index is 2.93. The van der Waals surface area contributed by atoms with Crippen molar-refractivity contribution in [3.8, 4) is 0 Å². The monoisotopic (exact) mass is 426 g/mol. The maximum absolute atomic E-state index is 13.2. The van der Waals surface area contributed by atoms with Crippen LogP contribution in [0, 0.1) is 11.8 Å². The number of amides is 4. The molecule has 1 aliphatic rings. The summed E-state index contributed by atoms with van der Waals surface area (Å²) in [6, 6.07) is -2.32. The normalized spacial score (nSPS) is 19.7. The molecule has 0 aromatic rings. The minimum Gasteiger partial charge on any atom is -0.444 e. The summed E-state index contributed by atoms with van der Waals surface area (Å²) in [6.45, 7) is 13.0. The fourth-order valence-corrected chi connectivity index (χ4v) is 3.41. The number of likely N-dealkylation sites (tertiary alicyclic amines) is 1. The van der Waals surface area contributed by atoms with Gasteiger partial charge in [-0.05, 0) is 45.4 Å². The first-order chi connectivity index (χ1) is 13.8. The van der Waals surface area contributed by atoms with Gasteiger partial charge in [-0.15, -0.1) is 0 Å². The summed E-state index contributed by atoms with van der Waals surface area (Å²) in [7, 11) is 0. The van der Waals surface area contributed by atoms with Crippen LogP contribution in [0.5, 0.6) is 0 Å². The summed E-state index contributed by atoms with van der Waals surface area (Å²) >= 11 is 0. The van der Waals surface area contributed by atoms with Crippen LogP contribution in [0.25, 0.3) is 0 Å². The molecule has 1 saturated heterocycles. The number of rotatable bonds is 8. The van der Waals surface area contributed by atoms with Crippen molar-refractivity contribution < 1.29 is 23.9 Å². The highest BCUT2D eigenvalue weighted by atomic mass is 16.6. The highest BCUT2D eigenvalue weighted by molar-refractivity contribution is 5.94. The van der Waals surface area contributed by atoms with Gasteiger partial charge in [-0.3, -0.25) is 14.4 Å². The summed E-state index contributed by atoms with van der Waals surface area (Å²) < 4.78 is 5.27. The SMILES string of the molecule is CCC(C)C(NC(=O)C1CCCN1C(=O)C(NC(=O)OC(C)(C)C)C(C)C)C(N)=O. The lowest BCUT2D eigenvalue weighted by atomic mass is 9.98. The average molecular weight is 427 g/mol. The van der Waals surface area contributed by atoms with Gasteiger partial charge in [-0.2, -0.15) is 0 Å². The molecule has 0 aromatic heterocycles. The zero-order valence-electron chi connectivity index (χ0n) is 19.3. The minimum absolute atomic E-state index is 0.116. The number of hydrogen-bond acceptors (Lipinski definition) is 5. The summed E-state index contributed by atoms with van der Waals surface area (Å²) in [5, 5.41) is 5.35. The second kappa shape index (κ2) is 10.6. The Hall–Kier alpha value is -2.32. The zero-order chi connectivity index (χ0) is 23.2. The first-order valence-electron chi connectivity index (χ1n) is 10.7. The molecular formula is C21H38N4O5. The number of carbonyl (C=O) groups excluding carboxylic acids is 4. The third-order valence-corrected chi connectivity index (χ3v) is 5.26. The highest BCUT2D eigenvalue weighted by Gasteiger charge is 2.40. The van der Waals surface area contributed by atoms with E-state index in [0.717, 1.165) is 0 Å². The van der Waals surface area contributed by atoms with Crippen molar-refractivity contribution in [3.63, 3.8) is 0 Å². The molecule has 4 atom stereocenters. The smallest absolute Gasteiger partial charge is 0.408 e. The van der Waals surface area contributed by atoms with Crippen molar-refractivity contribution in [2.75, 3.05) is 6.54 Å². The summed E-state index contributed by atoms with van der Waals surface area (Å²) in [6.07, 6.45) is 1.14. The maximum Gasteiger partial charge on any atom is 0.408 e. The zero-order valence-corrected chi connectivity index (χ0v) is 19.3. The van der Waals surface area contributed by atoms with Gasteiger partial charge >= 0.3 is 6.09 Å². The Morgan fingerprint density at radius 3 is 2.17 bits per heavy atom. The minimum atomic E-state index is -0.824. The van der Waals surface area contributed by atoms with E-state index in [1.165, 1.54) is 4.90 Å². The molecule has 1 fully saturated rings. The van der Waals surface area contributed by atoms with Crippen LogP contribution in [0.4, 0.5) is 4.79 Å². The van der Waals surface area contributed by atoms with Crippen LogP contribution in [-0.2, 0) is 19.1 Å². The van der Waals surface area contributed by atoms with Crippen molar-refractivity contribution in [2.45, 2.75) is 91.5 Å². The largest absolute Gasteiger partial charge is 0.444 e. The lowest BCUT2D eigenvalue weighted by molar-refractivity contribution is -0.141. The molecule has 4 unspecified atom stereocenters. The van der Waals surface area contributed by atoms with Crippen LogP contribution >= 0.6 is 0 Å². The number of ether oxygens (including phenoxy) is 1. The molecule has 0 aliphatic carbocycles. The van der Waals surface area contributed by atoms with Gasteiger partial charge < -0.3 is 26.0 Å². The molecule has 9 heteroatoms. The van der Waals surface area contributed by atoms with E-state index in [1.807, 2.05) is 27.7 Å². The molecule has 1 heterocycles. The molecule has 0 aromatic carbocycles. The van der Waals surface area contributed by atoms with Crippen LogP contribution in [0.3, 0.4) is 0 Å². The van der Waals surface area contributed by atoms with E-state index in [2.05, 4.69) is 10.6 Å². The Morgan fingerprint density at radius 1 is 1.10 bits per heavy atom. The average Bonchev–Trinajstić information content (AvgIpc) is 3.10. The van der Waals surface area contributed by atoms with Crippen LogP contribution < -0.4 is 16.4 Å². The first kappa shape index (κ1) is 25.7. The van der Waals surface area contributed by atoms with E-state index in [4.69, 9.17) is 10.5 Å². The van der Waals surface area contributed by atoms with Crippen molar-refractivity contribution in [2.24, 2.45) is 17.6 Å². The second-order valence-corrected chi connectivity index (χ2v) is 9.33. The predicted molar refractivity (Wildman–Crippen MR) is 113 cm³/mol. The number of nitrogens with zero attached hydrogens (tertiary/aromatic N) is 1. The molecule has 0 radical (unpaired) electrons. The molecule has 4 amide bonds. The van der Waals surface area contributed by atoms with E-state index in [1.54, 1.807) is 20.8 Å². The molecule has 0 saturated carbocycles. The fraction of sp³-hybridized carbons (Fsp3) is 0.810. The third-order valence-electron chi connectivity index (χ3n) is 5.26. The molecule has 30 heavy (non-hydrogen) atoms. The number of nitrogens with two attached hydrogens (primary N) is 1. The van der Waals surface area contributed by atoms with Gasteiger partial charge in [-0.25, -0.2) is 4.79 Å².